The van der Waals surface area contributed by atoms with Crippen molar-refractivity contribution in [2.75, 3.05) is 17.2 Å². The van der Waals surface area contributed by atoms with Crippen molar-refractivity contribution in [2.45, 2.75) is 19.4 Å². The first-order valence-corrected chi connectivity index (χ1v) is 9.51. The van der Waals surface area contributed by atoms with Gasteiger partial charge in [0.1, 0.15) is 11.6 Å². The van der Waals surface area contributed by atoms with Gasteiger partial charge in [-0.05, 0) is 48.6 Å². The standard InChI is InChI=1S/C21H19N7O/c22-11-15-3-1-4-16(9-15)13-27(12-14-6-7-14)19-10-18(23)28-21(24-19)25-20(26-28)17-5-2-8-29-17/h1-5,8-10,14H,6-7,12-13,23H2. The summed E-state index contributed by atoms with van der Waals surface area (Å²) in [6, 6.07) is 15.3. The summed E-state index contributed by atoms with van der Waals surface area (Å²) in [4.78, 5) is 11.4. The van der Waals surface area contributed by atoms with Crippen LogP contribution in [0.1, 0.15) is 24.0 Å². The van der Waals surface area contributed by atoms with E-state index in [9.17, 15) is 5.26 Å². The van der Waals surface area contributed by atoms with Crippen LogP contribution in [0.15, 0.2) is 53.1 Å². The van der Waals surface area contributed by atoms with Crippen molar-refractivity contribution >= 4 is 17.4 Å². The minimum atomic E-state index is 0.429. The zero-order chi connectivity index (χ0) is 19.8. The highest BCUT2D eigenvalue weighted by Gasteiger charge is 2.26. The molecule has 5 rings (SSSR count). The molecule has 29 heavy (non-hydrogen) atoms. The van der Waals surface area contributed by atoms with Crippen molar-refractivity contribution in [3.63, 3.8) is 0 Å². The Morgan fingerprint density at radius 1 is 1.21 bits per heavy atom. The Balaban J connectivity index is 1.51. The van der Waals surface area contributed by atoms with Gasteiger partial charge in [0.15, 0.2) is 5.76 Å². The number of nitrogen functional groups attached to an aromatic ring is 1. The fraction of sp³-hybridized carbons (Fsp3) is 0.238. The van der Waals surface area contributed by atoms with Gasteiger partial charge in [0, 0.05) is 19.2 Å². The first-order valence-electron chi connectivity index (χ1n) is 9.51. The van der Waals surface area contributed by atoms with Crippen molar-refractivity contribution < 1.29 is 4.42 Å². The van der Waals surface area contributed by atoms with Gasteiger partial charge >= 0.3 is 0 Å². The normalized spacial score (nSPS) is 13.5. The van der Waals surface area contributed by atoms with E-state index in [4.69, 9.17) is 15.1 Å². The summed E-state index contributed by atoms with van der Waals surface area (Å²) in [6.07, 6.45) is 4.02. The molecule has 0 bridgehead atoms. The lowest BCUT2D eigenvalue weighted by Crippen LogP contribution is -2.26. The average molecular weight is 385 g/mol. The lowest BCUT2D eigenvalue weighted by molar-refractivity contribution is 0.577. The van der Waals surface area contributed by atoms with E-state index in [1.807, 2.05) is 30.3 Å². The SMILES string of the molecule is N#Cc1cccc(CN(CC2CC2)c2cc(N)n3nc(-c4ccco4)nc3n2)c1. The third-order valence-electron chi connectivity index (χ3n) is 5.00. The highest BCUT2D eigenvalue weighted by atomic mass is 16.3. The largest absolute Gasteiger partial charge is 0.461 e. The second-order valence-corrected chi connectivity index (χ2v) is 7.30. The van der Waals surface area contributed by atoms with E-state index in [1.165, 1.54) is 17.4 Å². The Bertz CT molecular complexity index is 1200. The van der Waals surface area contributed by atoms with Crippen LogP contribution in [-0.2, 0) is 6.54 Å². The van der Waals surface area contributed by atoms with Crippen LogP contribution in [0.4, 0.5) is 11.6 Å². The van der Waals surface area contributed by atoms with E-state index in [1.54, 1.807) is 18.4 Å². The fourth-order valence-electron chi connectivity index (χ4n) is 3.36. The maximum absolute atomic E-state index is 9.19. The van der Waals surface area contributed by atoms with Crippen molar-refractivity contribution in [1.82, 2.24) is 19.6 Å². The Morgan fingerprint density at radius 2 is 2.10 bits per heavy atom. The van der Waals surface area contributed by atoms with Crippen LogP contribution >= 0.6 is 0 Å². The maximum Gasteiger partial charge on any atom is 0.256 e. The molecule has 8 heteroatoms. The second-order valence-electron chi connectivity index (χ2n) is 7.30. The quantitative estimate of drug-likeness (QED) is 0.542. The van der Waals surface area contributed by atoms with Gasteiger partial charge in [-0.3, -0.25) is 0 Å². The first-order chi connectivity index (χ1) is 14.2. The molecule has 1 saturated carbocycles. The molecular weight excluding hydrogens is 366 g/mol. The van der Waals surface area contributed by atoms with Gasteiger partial charge in [-0.1, -0.05) is 12.1 Å². The molecule has 0 unspecified atom stereocenters. The molecule has 0 aliphatic heterocycles. The molecule has 144 valence electrons. The van der Waals surface area contributed by atoms with Crippen LogP contribution in [0.25, 0.3) is 17.4 Å². The molecule has 8 nitrogen and oxygen atoms in total. The van der Waals surface area contributed by atoms with Gasteiger partial charge in [-0.25, -0.2) is 0 Å². The molecule has 1 aliphatic rings. The summed E-state index contributed by atoms with van der Waals surface area (Å²) >= 11 is 0. The zero-order valence-electron chi connectivity index (χ0n) is 15.7. The Hall–Kier alpha value is -3.86. The van der Waals surface area contributed by atoms with E-state index in [2.05, 4.69) is 21.1 Å². The molecule has 0 spiro atoms. The average Bonchev–Trinajstić information content (AvgIpc) is 3.19. The monoisotopic (exact) mass is 385 g/mol. The molecule has 1 aliphatic carbocycles. The lowest BCUT2D eigenvalue weighted by atomic mass is 10.1. The van der Waals surface area contributed by atoms with Crippen LogP contribution in [0.2, 0.25) is 0 Å². The predicted molar refractivity (Wildman–Crippen MR) is 108 cm³/mol. The van der Waals surface area contributed by atoms with Crippen molar-refractivity contribution in [3.05, 3.63) is 59.9 Å². The Labute approximate surface area is 167 Å². The molecule has 0 amide bonds. The maximum atomic E-state index is 9.19. The third-order valence-corrected chi connectivity index (χ3v) is 5.00. The number of hydrogen-bond acceptors (Lipinski definition) is 7. The van der Waals surface area contributed by atoms with E-state index < -0.39 is 0 Å². The first kappa shape index (κ1) is 17.3. The molecule has 2 N–H and O–H groups in total. The van der Waals surface area contributed by atoms with E-state index >= 15 is 0 Å². The molecule has 0 saturated heterocycles. The minimum absolute atomic E-state index is 0.429. The summed E-state index contributed by atoms with van der Waals surface area (Å²) in [5, 5.41) is 13.6. The van der Waals surface area contributed by atoms with Crippen LogP contribution in [0.3, 0.4) is 0 Å². The van der Waals surface area contributed by atoms with Gasteiger partial charge < -0.3 is 15.1 Å². The summed E-state index contributed by atoms with van der Waals surface area (Å²) in [5.41, 5.74) is 7.98. The predicted octanol–water partition coefficient (Wildman–Crippen LogP) is 3.25. The van der Waals surface area contributed by atoms with Gasteiger partial charge in [-0.2, -0.15) is 19.7 Å². The number of anilines is 2. The van der Waals surface area contributed by atoms with Crippen molar-refractivity contribution in [1.29, 1.82) is 5.26 Å². The van der Waals surface area contributed by atoms with Crippen LogP contribution in [0.5, 0.6) is 0 Å². The summed E-state index contributed by atoms with van der Waals surface area (Å²) in [5.74, 6) is 3.31. The highest BCUT2D eigenvalue weighted by molar-refractivity contribution is 5.57. The number of nitriles is 1. The molecule has 4 aromatic rings. The molecular formula is C21H19N7O. The van der Waals surface area contributed by atoms with Crippen LogP contribution in [-0.4, -0.2) is 26.1 Å². The topological polar surface area (TPSA) is 109 Å². The number of nitrogens with two attached hydrogens (primary N) is 1. The van der Waals surface area contributed by atoms with Gasteiger partial charge in [0.05, 0.1) is 17.9 Å². The highest BCUT2D eigenvalue weighted by Crippen LogP contribution is 2.32. The zero-order valence-corrected chi connectivity index (χ0v) is 15.7. The molecule has 3 heterocycles. The van der Waals surface area contributed by atoms with Crippen LogP contribution in [0, 0.1) is 17.2 Å². The number of fused-ring (bicyclic) bond motifs is 1. The van der Waals surface area contributed by atoms with E-state index in [0.29, 0.717) is 41.2 Å². The second kappa shape index (κ2) is 6.95. The number of furan rings is 1. The molecule has 0 atom stereocenters. The van der Waals surface area contributed by atoms with Gasteiger partial charge in [-0.15, -0.1) is 5.10 Å². The third kappa shape index (κ3) is 3.50. The number of benzene rings is 1. The van der Waals surface area contributed by atoms with Crippen LogP contribution < -0.4 is 10.6 Å². The molecule has 3 aromatic heterocycles. The number of hydrogen-bond donors (Lipinski definition) is 1. The number of nitrogens with zero attached hydrogens (tertiary/aromatic N) is 6. The minimum Gasteiger partial charge on any atom is -0.461 e. The summed E-state index contributed by atoms with van der Waals surface area (Å²) in [6.45, 7) is 1.53. The molecule has 1 fully saturated rings. The molecule has 0 radical (unpaired) electrons. The van der Waals surface area contributed by atoms with E-state index in [-0.39, 0.29) is 0 Å². The summed E-state index contributed by atoms with van der Waals surface area (Å²) < 4.78 is 6.91. The summed E-state index contributed by atoms with van der Waals surface area (Å²) in [7, 11) is 0. The fourth-order valence-corrected chi connectivity index (χ4v) is 3.36. The van der Waals surface area contributed by atoms with Gasteiger partial charge in [0.25, 0.3) is 5.78 Å². The molecule has 1 aromatic carbocycles. The van der Waals surface area contributed by atoms with Gasteiger partial charge in [0.2, 0.25) is 5.82 Å². The van der Waals surface area contributed by atoms with Crippen molar-refractivity contribution in [2.24, 2.45) is 5.92 Å². The Morgan fingerprint density at radius 3 is 2.86 bits per heavy atom. The smallest absolute Gasteiger partial charge is 0.256 e. The Kier molecular flexibility index (Phi) is 4.13. The van der Waals surface area contributed by atoms with Crippen molar-refractivity contribution in [3.8, 4) is 17.7 Å². The number of aromatic nitrogens is 4. The number of rotatable bonds is 6. The van der Waals surface area contributed by atoms with E-state index in [0.717, 1.165) is 17.9 Å². The lowest BCUT2D eigenvalue weighted by Gasteiger charge is -2.24.